The second-order valence-electron chi connectivity index (χ2n) is 5.42. The van der Waals surface area contributed by atoms with E-state index in [-0.39, 0.29) is 30.3 Å². The van der Waals surface area contributed by atoms with Crippen LogP contribution in [0.5, 0.6) is 11.5 Å². The summed E-state index contributed by atoms with van der Waals surface area (Å²) in [5, 5.41) is 2.98. The van der Waals surface area contributed by atoms with Crippen molar-refractivity contribution in [2.45, 2.75) is 32.9 Å². The van der Waals surface area contributed by atoms with Gasteiger partial charge in [0, 0.05) is 0 Å². The number of ether oxygens (including phenoxy) is 2. The molecule has 118 valence electrons. The predicted octanol–water partition coefficient (Wildman–Crippen LogP) is 2.04. The number of benzene rings is 1. The van der Waals surface area contributed by atoms with E-state index in [4.69, 9.17) is 15.2 Å². The second-order valence-corrected chi connectivity index (χ2v) is 5.42. The van der Waals surface area contributed by atoms with E-state index >= 15 is 0 Å². The van der Waals surface area contributed by atoms with Gasteiger partial charge in [0.05, 0.1) is 12.1 Å². The highest BCUT2D eigenvalue weighted by atomic mass is 35.5. The van der Waals surface area contributed by atoms with Crippen molar-refractivity contribution >= 4 is 18.3 Å². The van der Waals surface area contributed by atoms with Gasteiger partial charge in [-0.3, -0.25) is 4.79 Å². The first-order valence-electron chi connectivity index (χ1n) is 6.94. The van der Waals surface area contributed by atoms with Crippen molar-refractivity contribution in [3.05, 3.63) is 23.8 Å². The Morgan fingerprint density at radius 1 is 1.19 bits per heavy atom. The molecule has 3 N–H and O–H groups in total. The number of hydrogen-bond acceptors (Lipinski definition) is 4. The molecule has 5 nitrogen and oxygen atoms in total. The van der Waals surface area contributed by atoms with Gasteiger partial charge in [-0.25, -0.2) is 0 Å². The van der Waals surface area contributed by atoms with Gasteiger partial charge in [-0.15, -0.1) is 12.4 Å². The lowest BCUT2D eigenvalue weighted by molar-refractivity contribution is -0.123. The smallest absolute Gasteiger partial charge is 0.237 e. The summed E-state index contributed by atoms with van der Waals surface area (Å²) in [4.78, 5) is 11.8. The van der Waals surface area contributed by atoms with E-state index in [1.54, 1.807) is 6.92 Å². The zero-order chi connectivity index (χ0) is 14.7. The Morgan fingerprint density at radius 3 is 2.38 bits per heavy atom. The van der Waals surface area contributed by atoms with E-state index in [0.29, 0.717) is 13.2 Å². The van der Waals surface area contributed by atoms with Crippen LogP contribution in [0.25, 0.3) is 0 Å². The Kier molecular flexibility index (Phi) is 6.30. The van der Waals surface area contributed by atoms with Crippen LogP contribution in [0, 0.1) is 5.92 Å². The fraction of sp³-hybridized carbons (Fsp3) is 0.533. The molecule has 1 unspecified atom stereocenters. The molecule has 2 rings (SSSR count). The van der Waals surface area contributed by atoms with Crippen molar-refractivity contribution in [3.63, 3.8) is 0 Å². The molecule has 0 radical (unpaired) electrons. The van der Waals surface area contributed by atoms with Crippen LogP contribution in [0.3, 0.4) is 0 Å². The Balaban J connectivity index is 0.00000220. The van der Waals surface area contributed by atoms with Gasteiger partial charge in [-0.1, -0.05) is 19.9 Å². The van der Waals surface area contributed by atoms with Gasteiger partial charge < -0.3 is 20.5 Å². The number of fused-ring (bicyclic) bond motifs is 1. The van der Waals surface area contributed by atoms with E-state index in [1.165, 1.54) is 0 Å². The summed E-state index contributed by atoms with van der Waals surface area (Å²) < 4.78 is 11.1. The summed E-state index contributed by atoms with van der Waals surface area (Å²) in [5.41, 5.74) is 6.61. The standard InChI is InChI=1S/C15H22N2O3.ClH/c1-9(2)14(17-15(18)10(3)16)11-4-5-12-13(8-11)20-7-6-19-12;/h4-5,8-10,14H,6-7,16H2,1-3H3,(H,17,18);1H/t10-,14?;/m0./s1. The number of carbonyl (C=O) groups is 1. The molecule has 0 fully saturated rings. The minimum absolute atomic E-state index is 0. The van der Waals surface area contributed by atoms with Gasteiger partial charge in [0.2, 0.25) is 5.91 Å². The Labute approximate surface area is 131 Å². The van der Waals surface area contributed by atoms with Crippen LogP contribution < -0.4 is 20.5 Å². The Morgan fingerprint density at radius 2 is 1.81 bits per heavy atom. The molecule has 1 aliphatic heterocycles. The van der Waals surface area contributed by atoms with Crippen molar-refractivity contribution in [1.29, 1.82) is 0 Å². The van der Waals surface area contributed by atoms with Gasteiger partial charge >= 0.3 is 0 Å². The van der Waals surface area contributed by atoms with Crippen molar-refractivity contribution in [2.75, 3.05) is 13.2 Å². The summed E-state index contributed by atoms with van der Waals surface area (Å²) in [7, 11) is 0. The third-order valence-corrected chi connectivity index (χ3v) is 3.30. The first-order valence-corrected chi connectivity index (χ1v) is 6.94. The molecule has 1 aromatic rings. The van der Waals surface area contributed by atoms with Gasteiger partial charge in [-0.05, 0) is 30.5 Å². The van der Waals surface area contributed by atoms with E-state index in [1.807, 2.05) is 18.2 Å². The maximum absolute atomic E-state index is 11.8. The number of amides is 1. The first kappa shape index (κ1) is 17.6. The number of halogens is 1. The summed E-state index contributed by atoms with van der Waals surface area (Å²) in [5.74, 6) is 1.58. The van der Waals surface area contributed by atoms with Crippen LogP contribution in [-0.2, 0) is 4.79 Å². The first-order chi connectivity index (χ1) is 9.49. The lowest BCUT2D eigenvalue weighted by Crippen LogP contribution is -2.41. The van der Waals surface area contributed by atoms with Crippen LogP contribution in [-0.4, -0.2) is 25.2 Å². The number of carbonyl (C=O) groups excluding carboxylic acids is 1. The molecular weight excluding hydrogens is 292 g/mol. The summed E-state index contributed by atoms with van der Waals surface area (Å²) in [6.45, 7) is 6.92. The fourth-order valence-electron chi connectivity index (χ4n) is 2.17. The second kappa shape index (κ2) is 7.52. The predicted molar refractivity (Wildman–Crippen MR) is 84.1 cm³/mol. The molecule has 0 bridgehead atoms. The lowest BCUT2D eigenvalue weighted by Gasteiger charge is -2.26. The molecule has 0 aromatic heterocycles. The zero-order valence-corrected chi connectivity index (χ0v) is 13.4. The molecule has 1 heterocycles. The summed E-state index contributed by atoms with van der Waals surface area (Å²) >= 11 is 0. The zero-order valence-electron chi connectivity index (χ0n) is 12.6. The highest BCUT2D eigenvalue weighted by molar-refractivity contribution is 5.85. The van der Waals surface area contributed by atoms with Crippen LogP contribution in [0.4, 0.5) is 0 Å². The highest BCUT2D eigenvalue weighted by Crippen LogP contribution is 2.34. The molecule has 2 atom stereocenters. The molecule has 1 aromatic carbocycles. The number of rotatable bonds is 4. The molecule has 1 aliphatic rings. The van der Waals surface area contributed by atoms with E-state index in [9.17, 15) is 4.79 Å². The largest absolute Gasteiger partial charge is 0.486 e. The molecule has 6 heteroatoms. The van der Waals surface area contributed by atoms with E-state index < -0.39 is 6.04 Å². The van der Waals surface area contributed by atoms with Crippen LogP contribution in [0.2, 0.25) is 0 Å². The quantitative estimate of drug-likeness (QED) is 0.892. The van der Waals surface area contributed by atoms with Gasteiger partial charge in [0.25, 0.3) is 0 Å². The monoisotopic (exact) mass is 314 g/mol. The minimum atomic E-state index is -0.520. The molecule has 0 spiro atoms. The summed E-state index contributed by atoms with van der Waals surface area (Å²) in [6.07, 6.45) is 0. The highest BCUT2D eigenvalue weighted by Gasteiger charge is 2.22. The third kappa shape index (κ3) is 4.25. The van der Waals surface area contributed by atoms with Crippen molar-refractivity contribution in [2.24, 2.45) is 11.7 Å². The average molecular weight is 315 g/mol. The molecule has 21 heavy (non-hydrogen) atoms. The number of nitrogens with one attached hydrogen (secondary N) is 1. The molecule has 0 saturated carbocycles. The lowest BCUT2D eigenvalue weighted by atomic mass is 9.95. The molecule has 0 aliphatic carbocycles. The van der Waals surface area contributed by atoms with E-state index in [0.717, 1.165) is 17.1 Å². The summed E-state index contributed by atoms with van der Waals surface area (Å²) in [6, 6.07) is 5.16. The maximum atomic E-state index is 11.8. The topological polar surface area (TPSA) is 73.6 Å². The molecule has 0 saturated heterocycles. The van der Waals surface area contributed by atoms with Crippen LogP contribution >= 0.6 is 12.4 Å². The minimum Gasteiger partial charge on any atom is -0.486 e. The van der Waals surface area contributed by atoms with Crippen molar-refractivity contribution in [3.8, 4) is 11.5 Å². The van der Waals surface area contributed by atoms with Crippen LogP contribution in [0.15, 0.2) is 18.2 Å². The Bertz CT molecular complexity index is 492. The van der Waals surface area contributed by atoms with Gasteiger partial charge in [-0.2, -0.15) is 0 Å². The maximum Gasteiger partial charge on any atom is 0.237 e. The van der Waals surface area contributed by atoms with Gasteiger partial charge in [0.1, 0.15) is 13.2 Å². The average Bonchev–Trinajstić information content (AvgIpc) is 2.43. The van der Waals surface area contributed by atoms with E-state index in [2.05, 4.69) is 19.2 Å². The van der Waals surface area contributed by atoms with Crippen LogP contribution in [0.1, 0.15) is 32.4 Å². The number of nitrogens with two attached hydrogens (primary N) is 1. The molecule has 1 amide bonds. The van der Waals surface area contributed by atoms with Gasteiger partial charge in [0.15, 0.2) is 11.5 Å². The third-order valence-electron chi connectivity index (χ3n) is 3.30. The number of hydrogen-bond donors (Lipinski definition) is 2. The van der Waals surface area contributed by atoms with Crippen molar-refractivity contribution < 1.29 is 14.3 Å². The fourth-order valence-corrected chi connectivity index (χ4v) is 2.17. The molecular formula is C15H23ClN2O3. The Hall–Kier alpha value is -1.46. The normalized spacial score (nSPS) is 15.9. The van der Waals surface area contributed by atoms with Crippen molar-refractivity contribution in [1.82, 2.24) is 5.32 Å². The SMILES string of the molecule is CC(C)C(NC(=O)[C@H](C)N)c1ccc2c(c1)OCCO2.Cl.